The molecule has 4 heteroatoms. The van der Waals surface area contributed by atoms with Crippen LogP contribution in [-0.2, 0) is 9.53 Å². The second-order valence-corrected chi connectivity index (χ2v) is 5.66. The van der Waals surface area contributed by atoms with Gasteiger partial charge in [-0.1, -0.05) is 0 Å². The molecule has 2 saturated heterocycles. The van der Waals surface area contributed by atoms with Gasteiger partial charge in [-0.3, -0.25) is 4.90 Å². The number of hydrogen-bond acceptors (Lipinski definition) is 4. The number of aldehydes is 1. The third-order valence-corrected chi connectivity index (χ3v) is 4.32. The summed E-state index contributed by atoms with van der Waals surface area (Å²) >= 11 is 0. The first-order chi connectivity index (χ1) is 8.15. The summed E-state index contributed by atoms with van der Waals surface area (Å²) in [5.41, 5.74) is -0.145. The fourth-order valence-electron chi connectivity index (χ4n) is 2.80. The third kappa shape index (κ3) is 3.06. The monoisotopic (exact) mass is 240 g/mol. The van der Waals surface area contributed by atoms with Gasteiger partial charge in [0.05, 0.1) is 0 Å². The maximum atomic E-state index is 11.4. The molecule has 17 heavy (non-hydrogen) atoms. The van der Waals surface area contributed by atoms with E-state index in [2.05, 4.69) is 23.8 Å². The summed E-state index contributed by atoms with van der Waals surface area (Å²) in [5.74, 6) is 0. The molecule has 1 unspecified atom stereocenters. The molecule has 98 valence electrons. The highest BCUT2D eigenvalue weighted by atomic mass is 16.5. The van der Waals surface area contributed by atoms with Crippen molar-refractivity contribution < 1.29 is 9.53 Å². The Kier molecular flexibility index (Phi) is 4.17. The molecule has 0 N–H and O–H groups in total. The van der Waals surface area contributed by atoms with Crippen LogP contribution in [0.1, 0.15) is 19.8 Å². The normalized spacial score (nSPS) is 31.3. The van der Waals surface area contributed by atoms with Crippen LogP contribution in [0, 0.1) is 5.41 Å². The van der Waals surface area contributed by atoms with Gasteiger partial charge in [0.25, 0.3) is 0 Å². The van der Waals surface area contributed by atoms with Crippen LogP contribution in [0.15, 0.2) is 0 Å². The van der Waals surface area contributed by atoms with Crippen molar-refractivity contribution in [3.05, 3.63) is 0 Å². The van der Waals surface area contributed by atoms with Crippen LogP contribution in [0.3, 0.4) is 0 Å². The number of piperazine rings is 1. The van der Waals surface area contributed by atoms with E-state index in [4.69, 9.17) is 4.74 Å². The maximum absolute atomic E-state index is 11.4. The van der Waals surface area contributed by atoms with E-state index >= 15 is 0 Å². The number of ether oxygens (including phenoxy) is 1. The first kappa shape index (κ1) is 13.0. The summed E-state index contributed by atoms with van der Waals surface area (Å²) in [6.07, 6.45) is 2.95. The van der Waals surface area contributed by atoms with Crippen LogP contribution < -0.4 is 0 Å². The van der Waals surface area contributed by atoms with E-state index in [0.717, 1.165) is 52.2 Å². The molecule has 0 aromatic heterocycles. The molecule has 2 heterocycles. The Morgan fingerprint density at radius 1 is 1.35 bits per heavy atom. The van der Waals surface area contributed by atoms with Gasteiger partial charge in [-0.25, -0.2) is 0 Å². The van der Waals surface area contributed by atoms with Crippen LogP contribution in [0.5, 0.6) is 0 Å². The van der Waals surface area contributed by atoms with E-state index in [1.54, 1.807) is 0 Å². The van der Waals surface area contributed by atoms with Gasteiger partial charge in [0, 0.05) is 50.8 Å². The van der Waals surface area contributed by atoms with E-state index in [1.165, 1.54) is 6.29 Å². The van der Waals surface area contributed by atoms with Crippen molar-refractivity contribution in [2.75, 3.05) is 46.4 Å². The number of nitrogens with zero attached hydrogens (tertiary/aromatic N) is 2. The Morgan fingerprint density at radius 3 is 2.65 bits per heavy atom. The Hall–Kier alpha value is -0.450. The summed E-state index contributed by atoms with van der Waals surface area (Å²) in [6, 6.07) is 0.590. The second-order valence-electron chi connectivity index (χ2n) is 5.66. The lowest BCUT2D eigenvalue weighted by molar-refractivity contribution is -0.123. The third-order valence-electron chi connectivity index (χ3n) is 4.32. The Labute approximate surface area is 104 Å². The standard InChI is InChI=1S/C13H24N2O2/c1-12-9-15(6-5-14(12)2)10-13(11-16)3-7-17-8-4-13/h11-12H,3-10H2,1-2H3. The number of rotatable bonds is 3. The summed E-state index contributed by atoms with van der Waals surface area (Å²) in [7, 11) is 2.17. The maximum Gasteiger partial charge on any atom is 0.127 e. The molecule has 4 nitrogen and oxygen atoms in total. The zero-order valence-electron chi connectivity index (χ0n) is 11.0. The molecule has 0 radical (unpaired) electrons. The second kappa shape index (κ2) is 5.46. The Balaban J connectivity index is 1.92. The SMILES string of the molecule is CC1CN(CC2(C=O)CCOCC2)CCN1C. The van der Waals surface area contributed by atoms with E-state index < -0.39 is 0 Å². The molecular formula is C13H24N2O2. The minimum atomic E-state index is -0.145. The zero-order valence-corrected chi connectivity index (χ0v) is 11.0. The van der Waals surface area contributed by atoms with Gasteiger partial charge < -0.3 is 14.4 Å². The molecule has 0 bridgehead atoms. The highest BCUT2D eigenvalue weighted by molar-refractivity contribution is 5.60. The van der Waals surface area contributed by atoms with E-state index in [0.29, 0.717) is 6.04 Å². The van der Waals surface area contributed by atoms with Crippen molar-refractivity contribution in [1.82, 2.24) is 9.80 Å². The van der Waals surface area contributed by atoms with Crippen molar-refractivity contribution >= 4 is 6.29 Å². The van der Waals surface area contributed by atoms with Crippen molar-refractivity contribution in [3.8, 4) is 0 Å². The molecule has 0 saturated carbocycles. The van der Waals surface area contributed by atoms with Gasteiger partial charge in [-0.05, 0) is 26.8 Å². The summed E-state index contributed by atoms with van der Waals surface area (Å²) in [6.45, 7) is 7.91. The average Bonchev–Trinajstić information content (AvgIpc) is 2.35. The Bertz CT molecular complexity index is 264. The zero-order chi connectivity index (χ0) is 12.3. The van der Waals surface area contributed by atoms with Gasteiger partial charge in [0.15, 0.2) is 0 Å². The molecule has 2 fully saturated rings. The quantitative estimate of drug-likeness (QED) is 0.677. The van der Waals surface area contributed by atoms with E-state index in [1.807, 2.05) is 0 Å². The molecule has 1 atom stereocenters. The minimum Gasteiger partial charge on any atom is -0.381 e. The molecule has 0 spiro atoms. The first-order valence-corrected chi connectivity index (χ1v) is 6.62. The predicted octanol–water partition coefficient (Wildman–Crippen LogP) is 0.618. The number of carbonyl (C=O) groups excluding carboxylic acids is 1. The van der Waals surface area contributed by atoms with Crippen LogP contribution in [0.25, 0.3) is 0 Å². The van der Waals surface area contributed by atoms with Crippen LogP contribution >= 0.6 is 0 Å². The van der Waals surface area contributed by atoms with Crippen molar-refractivity contribution in [1.29, 1.82) is 0 Å². The summed E-state index contributed by atoms with van der Waals surface area (Å²) in [5, 5.41) is 0. The van der Waals surface area contributed by atoms with Gasteiger partial charge in [0.2, 0.25) is 0 Å². The molecular weight excluding hydrogens is 216 g/mol. The fraction of sp³-hybridized carbons (Fsp3) is 0.923. The lowest BCUT2D eigenvalue weighted by Gasteiger charge is -2.42. The van der Waals surface area contributed by atoms with Gasteiger partial charge >= 0.3 is 0 Å². The van der Waals surface area contributed by atoms with Crippen LogP contribution in [0.4, 0.5) is 0 Å². The molecule has 2 aliphatic rings. The highest BCUT2D eigenvalue weighted by Crippen LogP contribution is 2.29. The Morgan fingerprint density at radius 2 is 2.06 bits per heavy atom. The molecule has 0 aromatic rings. The van der Waals surface area contributed by atoms with Crippen LogP contribution in [-0.4, -0.2) is 68.6 Å². The van der Waals surface area contributed by atoms with Crippen molar-refractivity contribution in [2.45, 2.75) is 25.8 Å². The van der Waals surface area contributed by atoms with Gasteiger partial charge in [0.1, 0.15) is 6.29 Å². The fourth-order valence-corrected chi connectivity index (χ4v) is 2.80. The molecule has 0 aliphatic carbocycles. The van der Waals surface area contributed by atoms with Crippen molar-refractivity contribution in [2.24, 2.45) is 5.41 Å². The summed E-state index contributed by atoms with van der Waals surface area (Å²) in [4.78, 5) is 16.2. The lowest BCUT2D eigenvalue weighted by atomic mass is 9.81. The molecule has 2 aliphatic heterocycles. The molecule has 0 amide bonds. The molecule has 0 aromatic carbocycles. The van der Waals surface area contributed by atoms with Crippen LogP contribution in [0.2, 0.25) is 0 Å². The average molecular weight is 240 g/mol. The van der Waals surface area contributed by atoms with Gasteiger partial charge in [-0.15, -0.1) is 0 Å². The lowest BCUT2D eigenvalue weighted by Crippen LogP contribution is -2.53. The number of likely N-dealkylation sites (N-methyl/N-ethyl adjacent to an activating group) is 1. The van der Waals surface area contributed by atoms with Gasteiger partial charge in [-0.2, -0.15) is 0 Å². The van der Waals surface area contributed by atoms with E-state index in [9.17, 15) is 4.79 Å². The molecule has 2 rings (SSSR count). The van der Waals surface area contributed by atoms with E-state index in [-0.39, 0.29) is 5.41 Å². The predicted molar refractivity (Wildman–Crippen MR) is 67.1 cm³/mol. The number of hydrogen-bond donors (Lipinski definition) is 0. The minimum absolute atomic E-state index is 0.145. The van der Waals surface area contributed by atoms with Crippen molar-refractivity contribution in [3.63, 3.8) is 0 Å². The largest absolute Gasteiger partial charge is 0.381 e. The smallest absolute Gasteiger partial charge is 0.127 e. The summed E-state index contributed by atoms with van der Waals surface area (Å²) < 4.78 is 5.37. The first-order valence-electron chi connectivity index (χ1n) is 6.62. The topological polar surface area (TPSA) is 32.8 Å². The number of carbonyl (C=O) groups is 1. The highest BCUT2D eigenvalue weighted by Gasteiger charge is 2.35.